The molecule has 2 N–H and O–H groups in total. The summed E-state index contributed by atoms with van der Waals surface area (Å²) in [4.78, 5) is 4.67. The topological polar surface area (TPSA) is 53.1 Å². The van der Waals surface area contributed by atoms with Crippen LogP contribution in [-0.4, -0.2) is 16.2 Å². The number of nitrogen functional groups attached to an aromatic ring is 1. The third kappa shape index (κ3) is 2.57. The molecule has 0 aliphatic rings. The van der Waals surface area contributed by atoms with Crippen LogP contribution in [0.4, 0.5) is 5.69 Å². The Balaban J connectivity index is 1.91. The molecule has 0 bridgehead atoms. The third-order valence-electron chi connectivity index (χ3n) is 3.63. The van der Waals surface area contributed by atoms with Crippen molar-refractivity contribution in [1.29, 1.82) is 0 Å². The summed E-state index contributed by atoms with van der Waals surface area (Å²) in [7, 11) is 2.03. The molecule has 0 unspecified atom stereocenters. The van der Waals surface area contributed by atoms with Crippen molar-refractivity contribution in [2.24, 2.45) is 7.05 Å². The Hall–Kier alpha value is -2.49. The maximum atomic E-state index is 5.99. The number of hydrogen-bond donors (Lipinski definition) is 1. The maximum Gasteiger partial charge on any atom is 0.119 e. The number of aromatic nitrogens is 2. The van der Waals surface area contributed by atoms with Gasteiger partial charge in [0.2, 0.25) is 0 Å². The van der Waals surface area contributed by atoms with E-state index in [-0.39, 0.29) is 0 Å². The summed E-state index contributed by atoms with van der Waals surface area (Å²) in [6, 6.07) is 14.0. The molecular weight excluding hydrogens is 262 g/mol. The van der Waals surface area contributed by atoms with Crippen LogP contribution in [-0.2, 0) is 13.5 Å². The van der Waals surface area contributed by atoms with Gasteiger partial charge in [0.25, 0.3) is 0 Å². The standard InChI is InChI=1S/C17H19N3O/c1-3-21-13-9-7-12(8-10-13)11-16-19-17-14(18)5-4-6-15(17)20(16)2/h4-10H,3,11,18H2,1-2H3. The van der Waals surface area contributed by atoms with Gasteiger partial charge in [-0.05, 0) is 36.8 Å². The highest BCUT2D eigenvalue weighted by molar-refractivity contribution is 5.87. The summed E-state index contributed by atoms with van der Waals surface area (Å²) in [5.41, 5.74) is 9.86. The number of para-hydroxylation sites is 1. The Morgan fingerprint density at radius 2 is 1.90 bits per heavy atom. The normalized spacial score (nSPS) is 11.0. The summed E-state index contributed by atoms with van der Waals surface area (Å²) >= 11 is 0. The highest BCUT2D eigenvalue weighted by Crippen LogP contribution is 2.22. The molecule has 2 aromatic carbocycles. The van der Waals surface area contributed by atoms with Gasteiger partial charge in [-0.15, -0.1) is 0 Å². The van der Waals surface area contributed by atoms with Crippen molar-refractivity contribution in [3.05, 3.63) is 53.9 Å². The first-order chi connectivity index (χ1) is 10.2. The molecule has 0 radical (unpaired) electrons. The third-order valence-corrected chi connectivity index (χ3v) is 3.63. The minimum Gasteiger partial charge on any atom is -0.494 e. The van der Waals surface area contributed by atoms with Gasteiger partial charge in [-0.3, -0.25) is 0 Å². The quantitative estimate of drug-likeness (QED) is 0.747. The molecule has 1 aromatic heterocycles. The average molecular weight is 281 g/mol. The molecule has 108 valence electrons. The number of nitrogens with zero attached hydrogens (tertiary/aromatic N) is 2. The van der Waals surface area contributed by atoms with E-state index in [4.69, 9.17) is 10.5 Å². The Morgan fingerprint density at radius 3 is 2.57 bits per heavy atom. The van der Waals surface area contributed by atoms with E-state index >= 15 is 0 Å². The van der Waals surface area contributed by atoms with Gasteiger partial charge < -0.3 is 15.0 Å². The Labute approximate surface area is 124 Å². The summed E-state index contributed by atoms with van der Waals surface area (Å²) in [5.74, 6) is 1.91. The predicted octanol–water partition coefficient (Wildman–Crippen LogP) is 3.15. The lowest BCUT2D eigenvalue weighted by atomic mass is 10.1. The highest BCUT2D eigenvalue weighted by Gasteiger charge is 2.10. The first-order valence-electron chi connectivity index (χ1n) is 7.10. The highest BCUT2D eigenvalue weighted by atomic mass is 16.5. The van der Waals surface area contributed by atoms with Gasteiger partial charge in [-0.2, -0.15) is 0 Å². The van der Waals surface area contributed by atoms with E-state index in [1.165, 1.54) is 5.56 Å². The predicted molar refractivity (Wildman–Crippen MR) is 85.5 cm³/mol. The maximum absolute atomic E-state index is 5.99. The fraction of sp³-hybridized carbons (Fsp3) is 0.235. The van der Waals surface area contributed by atoms with Crippen molar-refractivity contribution >= 4 is 16.7 Å². The van der Waals surface area contributed by atoms with E-state index in [0.29, 0.717) is 6.61 Å². The first kappa shape index (κ1) is 13.5. The molecular formula is C17H19N3O. The van der Waals surface area contributed by atoms with E-state index in [1.807, 2.05) is 44.3 Å². The summed E-state index contributed by atoms with van der Waals surface area (Å²) < 4.78 is 7.56. The van der Waals surface area contributed by atoms with Crippen LogP contribution in [0.3, 0.4) is 0 Å². The molecule has 0 spiro atoms. The zero-order chi connectivity index (χ0) is 14.8. The number of rotatable bonds is 4. The second kappa shape index (κ2) is 5.48. The van der Waals surface area contributed by atoms with Gasteiger partial charge in [-0.25, -0.2) is 4.98 Å². The van der Waals surface area contributed by atoms with Crippen LogP contribution in [0.5, 0.6) is 5.75 Å². The molecule has 0 fully saturated rings. The fourth-order valence-corrected chi connectivity index (χ4v) is 2.50. The number of ether oxygens (including phenoxy) is 1. The number of fused-ring (bicyclic) bond motifs is 1. The number of aryl methyl sites for hydroxylation is 1. The Morgan fingerprint density at radius 1 is 1.14 bits per heavy atom. The fourth-order valence-electron chi connectivity index (χ4n) is 2.50. The van der Waals surface area contributed by atoms with Crippen molar-refractivity contribution in [2.75, 3.05) is 12.3 Å². The number of hydrogen-bond acceptors (Lipinski definition) is 3. The van der Waals surface area contributed by atoms with Crippen LogP contribution >= 0.6 is 0 Å². The van der Waals surface area contributed by atoms with E-state index in [1.54, 1.807) is 0 Å². The Bertz CT molecular complexity index is 760. The summed E-state index contributed by atoms with van der Waals surface area (Å²) in [6.07, 6.45) is 0.775. The van der Waals surface area contributed by atoms with Crippen molar-refractivity contribution in [3.63, 3.8) is 0 Å². The van der Waals surface area contributed by atoms with Crippen molar-refractivity contribution < 1.29 is 4.74 Å². The SMILES string of the molecule is CCOc1ccc(Cc2nc3c(N)cccc3n2C)cc1. The molecule has 4 nitrogen and oxygen atoms in total. The van der Waals surface area contributed by atoms with Crippen LogP contribution in [0.15, 0.2) is 42.5 Å². The van der Waals surface area contributed by atoms with E-state index in [9.17, 15) is 0 Å². The van der Waals surface area contributed by atoms with Crippen LogP contribution < -0.4 is 10.5 Å². The monoisotopic (exact) mass is 281 g/mol. The molecule has 0 saturated heterocycles. The summed E-state index contributed by atoms with van der Waals surface area (Å²) in [6.45, 7) is 2.67. The molecule has 0 aliphatic heterocycles. The number of anilines is 1. The van der Waals surface area contributed by atoms with Gasteiger partial charge in [0.1, 0.15) is 17.1 Å². The molecule has 3 rings (SSSR count). The number of benzene rings is 2. The van der Waals surface area contributed by atoms with Gasteiger partial charge in [0.05, 0.1) is 17.8 Å². The zero-order valence-corrected chi connectivity index (χ0v) is 12.3. The van der Waals surface area contributed by atoms with Gasteiger partial charge >= 0.3 is 0 Å². The molecule has 0 saturated carbocycles. The van der Waals surface area contributed by atoms with Gasteiger partial charge in [0, 0.05) is 13.5 Å². The molecule has 1 heterocycles. The molecule has 0 atom stereocenters. The Kier molecular flexibility index (Phi) is 3.52. The smallest absolute Gasteiger partial charge is 0.119 e. The van der Waals surface area contributed by atoms with Crippen molar-refractivity contribution in [3.8, 4) is 5.75 Å². The number of nitrogens with two attached hydrogens (primary N) is 1. The lowest BCUT2D eigenvalue weighted by Crippen LogP contribution is -1.99. The first-order valence-corrected chi connectivity index (χ1v) is 7.10. The summed E-state index contributed by atoms with van der Waals surface area (Å²) in [5, 5.41) is 0. The molecule has 0 amide bonds. The average Bonchev–Trinajstić information content (AvgIpc) is 2.80. The second-order valence-corrected chi connectivity index (χ2v) is 5.06. The van der Waals surface area contributed by atoms with Gasteiger partial charge in [-0.1, -0.05) is 18.2 Å². The minimum absolute atomic E-state index is 0.684. The lowest BCUT2D eigenvalue weighted by Gasteiger charge is -2.05. The second-order valence-electron chi connectivity index (χ2n) is 5.06. The number of imidazole rings is 1. The lowest BCUT2D eigenvalue weighted by molar-refractivity contribution is 0.340. The minimum atomic E-state index is 0.684. The zero-order valence-electron chi connectivity index (χ0n) is 12.3. The molecule has 4 heteroatoms. The largest absolute Gasteiger partial charge is 0.494 e. The van der Waals surface area contributed by atoms with Crippen LogP contribution in [0.1, 0.15) is 18.3 Å². The van der Waals surface area contributed by atoms with Crippen LogP contribution in [0.25, 0.3) is 11.0 Å². The molecule has 21 heavy (non-hydrogen) atoms. The molecule has 3 aromatic rings. The van der Waals surface area contributed by atoms with E-state index in [0.717, 1.165) is 34.7 Å². The van der Waals surface area contributed by atoms with Crippen molar-refractivity contribution in [1.82, 2.24) is 9.55 Å². The molecule has 0 aliphatic carbocycles. The van der Waals surface area contributed by atoms with Gasteiger partial charge in [0.15, 0.2) is 0 Å². The van der Waals surface area contributed by atoms with Crippen LogP contribution in [0.2, 0.25) is 0 Å². The van der Waals surface area contributed by atoms with E-state index < -0.39 is 0 Å². The van der Waals surface area contributed by atoms with Crippen LogP contribution in [0, 0.1) is 0 Å². The van der Waals surface area contributed by atoms with E-state index in [2.05, 4.69) is 21.7 Å². The van der Waals surface area contributed by atoms with Crippen molar-refractivity contribution in [2.45, 2.75) is 13.3 Å².